The molecule has 2 aliphatic rings. The van der Waals surface area contributed by atoms with Crippen LogP contribution in [0, 0.1) is 0 Å². The van der Waals surface area contributed by atoms with Crippen LogP contribution in [0.5, 0.6) is 0 Å². The Labute approximate surface area is 198 Å². The third kappa shape index (κ3) is 3.59. The van der Waals surface area contributed by atoms with Crippen molar-refractivity contribution in [2.45, 2.75) is 64.0 Å². The fourth-order valence-electron chi connectivity index (χ4n) is 5.74. The minimum atomic E-state index is -0.348. The first kappa shape index (κ1) is 21.1. The third-order valence-electron chi connectivity index (χ3n) is 7.56. The van der Waals surface area contributed by atoms with Crippen molar-refractivity contribution < 1.29 is 0 Å². The highest BCUT2D eigenvalue weighted by Gasteiger charge is 2.35. The summed E-state index contributed by atoms with van der Waals surface area (Å²) in [6.45, 7) is 2.98. The second-order valence-corrected chi connectivity index (χ2v) is 9.58. The quantitative estimate of drug-likeness (QED) is 0.471. The molecule has 1 unspecified atom stereocenters. The van der Waals surface area contributed by atoms with Crippen molar-refractivity contribution in [1.82, 2.24) is 25.2 Å². The number of aryl methyl sites for hydroxylation is 1. The molecular weight excluding hydrogens is 424 g/mol. The molecule has 7 heteroatoms. The number of aromatic amines is 1. The molecule has 1 aliphatic carbocycles. The molecule has 34 heavy (non-hydrogen) atoms. The molecular formula is C27H30N6O. The zero-order valence-electron chi connectivity index (χ0n) is 19.6. The number of aromatic nitrogens is 5. The lowest BCUT2D eigenvalue weighted by molar-refractivity contribution is 0.313. The normalized spacial score (nSPS) is 17.3. The lowest BCUT2D eigenvalue weighted by Gasteiger charge is -2.31. The zero-order chi connectivity index (χ0) is 23.1. The largest absolute Gasteiger partial charge is 0.357 e. The van der Waals surface area contributed by atoms with Crippen molar-refractivity contribution in [2.24, 2.45) is 0 Å². The highest BCUT2D eigenvalue weighted by atomic mass is 16.1. The first-order valence-electron chi connectivity index (χ1n) is 12.5. The summed E-state index contributed by atoms with van der Waals surface area (Å²) in [7, 11) is 0. The maximum Gasteiger partial charge on any atom is 0.254 e. The van der Waals surface area contributed by atoms with Gasteiger partial charge in [0.2, 0.25) is 0 Å². The van der Waals surface area contributed by atoms with Gasteiger partial charge in [-0.1, -0.05) is 50.5 Å². The molecule has 1 fully saturated rings. The molecule has 4 aromatic rings. The number of fused-ring (bicyclic) bond motifs is 2. The maximum atomic E-state index is 13.5. The Bertz CT molecular complexity index is 1380. The van der Waals surface area contributed by atoms with E-state index in [0.717, 1.165) is 54.6 Å². The smallest absolute Gasteiger partial charge is 0.254 e. The molecule has 0 amide bonds. The van der Waals surface area contributed by atoms with Gasteiger partial charge < -0.3 is 9.88 Å². The van der Waals surface area contributed by atoms with E-state index in [1.54, 1.807) is 0 Å². The summed E-state index contributed by atoms with van der Waals surface area (Å²) >= 11 is 0. The van der Waals surface area contributed by atoms with E-state index in [2.05, 4.69) is 74.8 Å². The number of hydrogen-bond acceptors (Lipinski definition) is 5. The monoisotopic (exact) mass is 454 g/mol. The van der Waals surface area contributed by atoms with Crippen LogP contribution in [0.3, 0.4) is 0 Å². The first-order valence-corrected chi connectivity index (χ1v) is 12.5. The molecule has 3 heterocycles. The molecule has 1 aliphatic heterocycles. The lowest BCUT2D eigenvalue weighted by Crippen LogP contribution is -2.35. The SMILES string of the molecule is CCc1ccc2[nH]c(=O)c(C(c3nnnn3C3CCCCC3)N3CCc4ccccc43)cc2c1. The Hall–Kier alpha value is -3.48. The van der Waals surface area contributed by atoms with E-state index in [9.17, 15) is 4.79 Å². The Morgan fingerprint density at radius 2 is 1.94 bits per heavy atom. The molecule has 6 rings (SSSR count). The Kier molecular flexibility index (Phi) is 5.40. The van der Waals surface area contributed by atoms with Gasteiger partial charge in [-0.15, -0.1) is 5.10 Å². The highest BCUT2D eigenvalue weighted by molar-refractivity contribution is 5.80. The fraction of sp³-hybridized carbons (Fsp3) is 0.407. The van der Waals surface area contributed by atoms with Crippen LogP contribution < -0.4 is 10.5 Å². The Morgan fingerprint density at radius 3 is 2.79 bits per heavy atom. The van der Waals surface area contributed by atoms with Gasteiger partial charge in [0.05, 0.1) is 6.04 Å². The number of pyridine rings is 1. The van der Waals surface area contributed by atoms with Crippen LogP contribution in [0.25, 0.3) is 10.9 Å². The number of nitrogens with zero attached hydrogens (tertiary/aromatic N) is 5. The van der Waals surface area contributed by atoms with E-state index in [-0.39, 0.29) is 17.6 Å². The molecule has 1 saturated carbocycles. The van der Waals surface area contributed by atoms with Gasteiger partial charge in [-0.05, 0) is 76.9 Å². The highest BCUT2D eigenvalue weighted by Crippen LogP contribution is 2.39. The molecule has 7 nitrogen and oxygen atoms in total. The van der Waals surface area contributed by atoms with Crippen molar-refractivity contribution in [3.8, 4) is 0 Å². The summed E-state index contributed by atoms with van der Waals surface area (Å²) < 4.78 is 2.01. The van der Waals surface area contributed by atoms with E-state index < -0.39 is 0 Å². The van der Waals surface area contributed by atoms with E-state index in [0.29, 0.717) is 5.56 Å². The van der Waals surface area contributed by atoms with Crippen molar-refractivity contribution >= 4 is 16.6 Å². The molecule has 0 spiro atoms. The molecule has 1 N–H and O–H groups in total. The number of tetrazole rings is 1. The number of para-hydroxylation sites is 1. The molecule has 2 aromatic heterocycles. The van der Waals surface area contributed by atoms with Crippen LogP contribution >= 0.6 is 0 Å². The molecule has 0 radical (unpaired) electrons. The molecule has 0 bridgehead atoms. The lowest BCUT2D eigenvalue weighted by atomic mass is 9.95. The zero-order valence-corrected chi connectivity index (χ0v) is 19.6. The van der Waals surface area contributed by atoms with Crippen LogP contribution in [-0.4, -0.2) is 31.7 Å². The number of hydrogen-bond donors (Lipinski definition) is 1. The average molecular weight is 455 g/mol. The standard InChI is InChI=1S/C27H30N6O/c1-2-18-12-13-23-20(16-18)17-22(27(34)28-23)25(32-15-14-19-8-6-7-11-24(19)32)26-29-30-31-33(26)21-9-4-3-5-10-21/h6-8,11-13,16-17,21,25H,2-5,9-10,14-15H2,1H3,(H,28,34). The summed E-state index contributed by atoms with van der Waals surface area (Å²) in [6.07, 6.45) is 7.71. The van der Waals surface area contributed by atoms with Crippen LogP contribution in [0.1, 0.15) is 73.6 Å². The van der Waals surface area contributed by atoms with Gasteiger partial charge in [-0.25, -0.2) is 4.68 Å². The number of benzene rings is 2. The van der Waals surface area contributed by atoms with Crippen molar-refractivity contribution in [3.05, 3.63) is 81.4 Å². The fourth-order valence-corrected chi connectivity index (χ4v) is 5.74. The predicted molar refractivity (Wildman–Crippen MR) is 133 cm³/mol. The first-order chi connectivity index (χ1) is 16.7. The summed E-state index contributed by atoms with van der Waals surface area (Å²) in [5, 5.41) is 14.2. The Morgan fingerprint density at radius 1 is 1.09 bits per heavy atom. The molecule has 174 valence electrons. The number of H-pyrrole nitrogens is 1. The summed E-state index contributed by atoms with van der Waals surface area (Å²) in [5.41, 5.74) is 5.19. The van der Waals surface area contributed by atoms with Crippen LogP contribution in [0.2, 0.25) is 0 Å². The Balaban J connectivity index is 1.54. The summed E-state index contributed by atoms with van der Waals surface area (Å²) in [4.78, 5) is 19.0. The van der Waals surface area contributed by atoms with E-state index in [4.69, 9.17) is 0 Å². The maximum absolute atomic E-state index is 13.5. The number of nitrogens with one attached hydrogen (secondary N) is 1. The summed E-state index contributed by atoms with van der Waals surface area (Å²) in [6, 6.07) is 16.7. The van der Waals surface area contributed by atoms with Gasteiger partial charge in [0, 0.05) is 23.3 Å². The third-order valence-corrected chi connectivity index (χ3v) is 7.56. The van der Waals surface area contributed by atoms with Gasteiger partial charge in [-0.3, -0.25) is 4.79 Å². The van der Waals surface area contributed by atoms with Gasteiger partial charge >= 0.3 is 0 Å². The molecule has 1 atom stereocenters. The van der Waals surface area contributed by atoms with Gasteiger partial charge in [-0.2, -0.15) is 0 Å². The second kappa shape index (κ2) is 8.70. The minimum absolute atomic E-state index is 0.0793. The van der Waals surface area contributed by atoms with Gasteiger partial charge in [0.25, 0.3) is 5.56 Å². The van der Waals surface area contributed by atoms with Crippen molar-refractivity contribution in [2.75, 3.05) is 11.4 Å². The second-order valence-electron chi connectivity index (χ2n) is 9.58. The number of anilines is 1. The topological polar surface area (TPSA) is 79.7 Å². The van der Waals surface area contributed by atoms with Gasteiger partial charge in [0.15, 0.2) is 5.82 Å². The summed E-state index contributed by atoms with van der Waals surface area (Å²) in [5.74, 6) is 0.764. The average Bonchev–Trinajstić information content (AvgIpc) is 3.53. The van der Waals surface area contributed by atoms with Crippen LogP contribution in [-0.2, 0) is 12.8 Å². The van der Waals surface area contributed by atoms with Gasteiger partial charge in [0.1, 0.15) is 6.04 Å². The predicted octanol–water partition coefficient (Wildman–Crippen LogP) is 4.73. The van der Waals surface area contributed by atoms with E-state index >= 15 is 0 Å². The molecule has 0 saturated heterocycles. The van der Waals surface area contributed by atoms with Crippen LogP contribution in [0.15, 0.2) is 53.3 Å². The minimum Gasteiger partial charge on any atom is -0.357 e. The number of rotatable bonds is 5. The molecule has 2 aromatic carbocycles. The van der Waals surface area contributed by atoms with Crippen molar-refractivity contribution in [3.63, 3.8) is 0 Å². The van der Waals surface area contributed by atoms with E-state index in [1.165, 1.54) is 30.4 Å². The van der Waals surface area contributed by atoms with E-state index in [1.807, 2.05) is 10.7 Å². The van der Waals surface area contributed by atoms with Crippen LogP contribution in [0.4, 0.5) is 5.69 Å². The van der Waals surface area contributed by atoms with Crippen molar-refractivity contribution in [1.29, 1.82) is 0 Å².